The number of aromatic nitrogens is 4. The zero-order valence-corrected chi connectivity index (χ0v) is 21.9. The number of rotatable bonds is 5. The standard InChI is InChI=1S/C30H26F2N6O3/c1-33-29(41)30-13-18(30)24(25(39)26(30)40)38-14-34-23-27(35-21-12-17(21)16-5-3-2-4-6-16)36-22(37-28(23)38)10-8-15-7-9-19(31)20(32)11-15/h2-7,9,11,14,17-18,21,24-26,39-40H,12-13H2,1H3,(H,33,41)(H,35,36,37)/t17?,18?,21-,24-,25?,26+,30-/m1/s1. The Labute approximate surface area is 233 Å². The van der Waals surface area contributed by atoms with Gasteiger partial charge in [0.1, 0.15) is 6.10 Å². The van der Waals surface area contributed by atoms with Crippen molar-refractivity contribution in [3.63, 3.8) is 0 Å². The van der Waals surface area contributed by atoms with Crippen molar-refractivity contribution < 1.29 is 23.8 Å². The monoisotopic (exact) mass is 556 g/mol. The number of carbonyl (C=O) groups excluding carboxylic acids is 1. The van der Waals surface area contributed by atoms with Crippen molar-refractivity contribution in [3.05, 3.63) is 83.4 Å². The van der Waals surface area contributed by atoms with E-state index in [0.29, 0.717) is 29.3 Å². The molecular weight excluding hydrogens is 530 g/mol. The van der Waals surface area contributed by atoms with Gasteiger partial charge in [0.25, 0.3) is 0 Å². The van der Waals surface area contributed by atoms with Crippen LogP contribution in [-0.4, -0.2) is 60.9 Å². The molecule has 3 aliphatic carbocycles. The maximum Gasteiger partial charge on any atom is 0.229 e. The number of nitrogens with one attached hydrogen (secondary N) is 2. The van der Waals surface area contributed by atoms with Crippen LogP contribution in [0, 0.1) is 34.8 Å². The minimum absolute atomic E-state index is 0.107. The quantitative estimate of drug-likeness (QED) is 0.279. The van der Waals surface area contributed by atoms with Gasteiger partial charge >= 0.3 is 0 Å². The molecule has 1 amide bonds. The van der Waals surface area contributed by atoms with Crippen LogP contribution in [-0.2, 0) is 4.79 Å². The normalized spacial score (nSPS) is 29.4. The number of anilines is 1. The fourth-order valence-electron chi connectivity index (χ4n) is 6.38. The minimum Gasteiger partial charge on any atom is -0.389 e. The number of carbonyl (C=O) groups is 1. The van der Waals surface area contributed by atoms with Gasteiger partial charge in [0.2, 0.25) is 11.7 Å². The van der Waals surface area contributed by atoms with E-state index in [2.05, 4.69) is 49.6 Å². The van der Waals surface area contributed by atoms with Gasteiger partial charge in [-0.3, -0.25) is 4.79 Å². The fourth-order valence-corrected chi connectivity index (χ4v) is 6.38. The minimum atomic E-state index is -1.24. The first-order valence-corrected chi connectivity index (χ1v) is 13.4. The zero-order chi connectivity index (χ0) is 28.5. The molecule has 9 nitrogen and oxygen atoms in total. The Morgan fingerprint density at radius 2 is 1.90 bits per heavy atom. The predicted octanol–water partition coefficient (Wildman–Crippen LogP) is 2.50. The van der Waals surface area contributed by atoms with Crippen molar-refractivity contribution in [2.75, 3.05) is 12.4 Å². The van der Waals surface area contributed by atoms with Crippen molar-refractivity contribution in [2.45, 2.75) is 43.1 Å². The van der Waals surface area contributed by atoms with E-state index in [9.17, 15) is 23.8 Å². The van der Waals surface area contributed by atoms with E-state index in [1.807, 2.05) is 18.2 Å². The van der Waals surface area contributed by atoms with Gasteiger partial charge in [-0.05, 0) is 42.5 Å². The summed E-state index contributed by atoms with van der Waals surface area (Å²) in [6, 6.07) is 13.0. The zero-order valence-electron chi connectivity index (χ0n) is 21.9. The van der Waals surface area contributed by atoms with Gasteiger partial charge in [-0.1, -0.05) is 36.3 Å². The molecule has 4 aromatic rings. The Morgan fingerprint density at radius 1 is 1.10 bits per heavy atom. The van der Waals surface area contributed by atoms with E-state index < -0.39 is 35.3 Å². The Kier molecular flexibility index (Phi) is 5.81. The van der Waals surface area contributed by atoms with E-state index in [1.54, 1.807) is 4.57 Å². The summed E-state index contributed by atoms with van der Waals surface area (Å²) >= 11 is 0. The molecular formula is C30H26F2N6O3. The van der Waals surface area contributed by atoms with Gasteiger partial charge in [-0.25, -0.2) is 23.7 Å². The molecule has 208 valence electrons. The van der Waals surface area contributed by atoms with Gasteiger partial charge in [-0.15, -0.1) is 0 Å². The summed E-state index contributed by atoms with van der Waals surface area (Å²) in [7, 11) is 1.51. The van der Waals surface area contributed by atoms with Crippen LogP contribution in [0.5, 0.6) is 0 Å². The van der Waals surface area contributed by atoms with Crippen molar-refractivity contribution in [1.82, 2.24) is 24.8 Å². The lowest BCUT2D eigenvalue weighted by molar-refractivity contribution is -0.132. The van der Waals surface area contributed by atoms with Crippen LogP contribution in [0.3, 0.4) is 0 Å². The lowest BCUT2D eigenvalue weighted by atomic mass is 9.98. The van der Waals surface area contributed by atoms with Gasteiger partial charge in [0.15, 0.2) is 28.6 Å². The number of nitrogens with zero attached hydrogens (tertiary/aromatic N) is 4. The van der Waals surface area contributed by atoms with E-state index in [0.717, 1.165) is 18.6 Å². The third-order valence-electron chi connectivity index (χ3n) is 8.64. The highest BCUT2D eigenvalue weighted by Gasteiger charge is 2.75. The third kappa shape index (κ3) is 4.05. The van der Waals surface area contributed by atoms with E-state index in [4.69, 9.17) is 0 Å². The second-order valence-electron chi connectivity index (χ2n) is 11.0. The van der Waals surface area contributed by atoms with Gasteiger partial charge in [-0.2, -0.15) is 0 Å². The van der Waals surface area contributed by atoms with Gasteiger partial charge < -0.3 is 25.4 Å². The van der Waals surface area contributed by atoms with E-state index >= 15 is 0 Å². The number of benzene rings is 2. The molecule has 0 bridgehead atoms. The van der Waals surface area contributed by atoms with Crippen molar-refractivity contribution in [2.24, 2.45) is 11.3 Å². The molecule has 3 aliphatic rings. The topological polar surface area (TPSA) is 125 Å². The van der Waals surface area contributed by atoms with Crippen LogP contribution in [0.4, 0.5) is 14.6 Å². The number of halogens is 2. The summed E-state index contributed by atoms with van der Waals surface area (Å²) in [6.45, 7) is 0. The number of hydrogen-bond acceptors (Lipinski definition) is 7. The van der Waals surface area contributed by atoms with Crippen LogP contribution in [0.25, 0.3) is 11.2 Å². The average molecular weight is 557 g/mol. The van der Waals surface area contributed by atoms with E-state index in [-0.39, 0.29) is 29.3 Å². The summed E-state index contributed by atoms with van der Waals surface area (Å²) in [5.41, 5.74) is 1.24. The molecule has 3 saturated carbocycles. The van der Waals surface area contributed by atoms with Crippen LogP contribution < -0.4 is 10.6 Å². The predicted molar refractivity (Wildman–Crippen MR) is 145 cm³/mol. The molecule has 2 heterocycles. The molecule has 41 heavy (non-hydrogen) atoms. The lowest BCUT2D eigenvalue weighted by Gasteiger charge is -2.23. The largest absolute Gasteiger partial charge is 0.389 e. The summed E-state index contributed by atoms with van der Waals surface area (Å²) in [4.78, 5) is 26.4. The number of aliphatic hydroxyl groups is 2. The number of aliphatic hydroxyl groups excluding tert-OH is 2. The smallest absolute Gasteiger partial charge is 0.229 e. The third-order valence-corrected chi connectivity index (χ3v) is 8.64. The molecule has 2 aromatic heterocycles. The highest BCUT2D eigenvalue weighted by molar-refractivity contribution is 5.88. The highest BCUT2D eigenvalue weighted by Crippen LogP contribution is 2.67. The average Bonchev–Trinajstić information content (AvgIpc) is 3.86. The van der Waals surface area contributed by atoms with Gasteiger partial charge in [0, 0.05) is 30.5 Å². The maximum atomic E-state index is 13.7. The summed E-state index contributed by atoms with van der Waals surface area (Å²) in [5, 5.41) is 28.0. The maximum absolute atomic E-state index is 13.7. The van der Waals surface area contributed by atoms with E-state index in [1.165, 1.54) is 25.0 Å². The second-order valence-corrected chi connectivity index (χ2v) is 11.0. The Bertz CT molecular complexity index is 1750. The number of fused-ring (bicyclic) bond motifs is 2. The molecule has 0 saturated heterocycles. The first-order valence-electron chi connectivity index (χ1n) is 13.4. The summed E-state index contributed by atoms with van der Waals surface area (Å²) in [5.74, 6) is 3.90. The van der Waals surface area contributed by atoms with Crippen molar-refractivity contribution >= 4 is 22.9 Å². The Morgan fingerprint density at radius 3 is 2.66 bits per heavy atom. The fraction of sp³-hybridized carbons (Fsp3) is 0.333. The first-order chi connectivity index (χ1) is 19.8. The molecule has 0 radical (unpaired) electrons. The molecule has 0 spiro atoms. The molecule has 2 aromatic carbocycles. The van der Waals surface area contributed by atoms with Crippen LogP contribution in [0.15, 0.2) is 54.9 Å². The SMILES string of the molecule is CNC(=O)[C@]12CC1[C@@H](n1cnc3c(N[C@@H]4CC4c4ccccc4)nc(C#Cc4ccc(F)c(F)c4)nc31)C(O)[C@@H]2O. The molecule has 3 fully saturated rings. The molecule has 3 unspecified atom stereocenters. The molecule has 4 N–H and O–H groups in total. The highest BCUT2D eigenvalue weighted by atomic mass is 19.2. The van der Waals surface area contributed by atoms with Crippen LogP contribution >= 0.6 is 0 Å². The number of hydrogen-bond donors (Lipinski definition) is 4. The number of imidazole rings is 1. The lowest BCUT2D eigenvalue weighted by Crippen LogP contribution is -2.41. The molecule has 7 rings (SSSR count). The Balaban J connectivity index is 1.28. The second kappa shape index (κ2) is 9.33. The summed E-state index contributed by atoms with van der Waals surface area (Å²) in [6.07, 6.45) is 0.417. The van der Waals surface area contributed by atoms with Crippen LogP contribution in [0.1, 0.15) is 41.8 Å². The number of amides is 1. The molecule has 0 aliphatic heterocycles. The molecule has 7 atom stereocenters. The summed E-state index contributed by atoms with van der Waals surface area (Å²) < 4.78 is 28.8. The molecule has 11 heteroatoms. The first kappa shape index (κ1) is 25.6. The van der Waals surface area contributed by atoms with Gasteiger partial charge in [0.05, 0.1) is 23.9 Å². The van der Waals surface area contributed by atoms with Crippen molar-refractivity contribution in [1.29, 1.82) is 0 Å². The van der Waals surface area contributed by atoms with Crippen molar-refractivity contribution in [3.8, 4) is 11.8 Å². The Hall–Kier alpha value is -4.40. The van der Waals surface area contributed by atoms with Crippen LogP contribution in [0.2, 0.25) is 0 Å².